The lowest BCUT2D eigenvalue weighted by Crippen LogP contribution is -2.11. The molecule has 17 heavy (non-hydrogen) atoms. The number of nitrogens with zero attached hydrogens (tertiary/aromatic N) is 1. The second kappa shape index (κ2) is 5.86. The molecule has 0 radical (unpaired) electrons. The number of hydrogen-bond donors (Lipinski definition) is 0. The van der Waals surface area contributed by atoms with Gasteiger partial charge in [-0.1, -0.05) is 11.6 Å². The van der Waals surface area contributed by atoms with Gasteiger partial charge in [0.1, 0.15) is 11.5 Å². The van der Waals surface area contributed by atoms with Gasteiger partial charge in [0.25, 0.3) is 6.43 Å². The van der Waals surface area contributed by atoms with Crippen LogP contribution in [0.1, 0.15) is 24.6 Å². The number of carbonyl (C=O) groups is 1. The van der Waals surface area contributed by atoms with Gasteiger partial charge in [0.2, 0.25) is 0 Å². The summed E-state index contributed by atoms with van der Waals surface area (Å²) in [5, 5.41) is -0.534. The Balaban J connectivity index is 3.05. The van der Waals surface area contributed by atoms with Gasteiger partial charge in [0.05, 0.1) is 24.2 Å². The summed E-state index contributed by atoms with van der Waals surface area (Å²) in [4.78, 5) is 14.3. The maximum Gasteiger partial charge on any atom is 0.310 e. The van der Waals surface area contributed by atoms with E-state index in [4.69, 9.17) is 11.6 Å². The molecule has 0 amide bonds. The van der Waals surface area contributed by atoms with E-state index in [-0.39, 0.29) is 12.2 Å². The summed E-state index contributed by atoms with van der Waals surface area (Å²) in [6.07, 6.45) is -2.81. The minimum absolute atomic E-state index is 0.116. The predicted molar refractivity (Wildman–Crippen MR) is 54.5 cm³/mol. The first-order chi connectivity index (χ1) is 7.97. The standard InChI is InChI=1S/C10H9ClF3NO2/c1-2-17-7(16)3-5-6(12)4-15-9(8(5)11)10(13)14/h4,10H,2-3H2,1H3. The number of alkyl halides is 2. The molecule has 0 fully saturated rings. The van der Waals surface area contributed by atoms with E-state index in [1.54, 1.807) is 6.92 Å². The zero-order valence-corrected chi connectivity index (χ0v) is 9.60. The van der Waals surface area contributed by atoms with Crippen LogP contribution in [0.3, 0.4) is 0 Å². The monoisotopic (exact) mass is 267 g/mol. The third-order valence-corrected chi connectivity index (χ3v) is 2.35. The first kappa shape index (κ1) is 13.8. The Morgan fingerprint density at radius 2 is 2.24 bits per heavy atom. The third kappa shape index (κ3) is 3.33. The Hall–Kier alpha value is -1.30. The maximum absolute atomic E-state index is 13.3. The van der Waals surface area contributed by atoms with Gasteiger partial charge in [-0.05, 0) is 6.92 Å². The van der Waals surface area contributed by atoms with Crippen LogP contribution in [-0.2, 0) is 16.0 Å². The van der Waals surface area contributed by atoms with E-state index >= 15 is 0 Å². The first-order valence-corrected chi connectivity index (χ1v) is 5.11. The largest absolute Gasteiger partial charge is 0.466 e. The minimum Gasteiger partial charge on any atom is -0.466 e. The second-order valence-corrected chi connectivity index (χ2v) is 3.44. The second-order valence-electron chi connectivity index (χ2n) is 3.07. The fraction of sp³-hybridized carbons (Fsp3) is 0.400. The summed E-state index contributed by atoms with van der Waals surface area (Å²) in [5.41, 5.74) is -1.07. The van der Waals surface area contributed by atoms with Crippen LogP contribution in [0, 0.1) is 5.82 Å². The lowest BCUT2D eigenvalue weighted by atomic mass is 10.1. The Morgan fingerprint density at radius 1 is 1.59 bits per heavy atom. The average molecular weight is 268 g/mol. The van der Waals surface area contributed by atoms with Gasteiger partial charge in [0, 0.05) is 5.56 Å². The highest BCUT2D eigenvalue weighted by Gasteiger charge is 2.21. The molecule has 0 unspecified atom stereocenters. The van der Waals surface area contributed by atoms with Crippen LogP contribution in [0.4, 0.5) is 13.2 Å². The van der Waals surface area contributed by atoms with Crippen molar-refractivity contribution in [1.82, 2.24) is 4.98 Å². The molecule has 0 bridgehead atoms. The van der Waals surface area contributed by atoms with E-state index in [1.165, 1.54) is 0 Å². The first-order valence-electron chi connectivity index (χ1n) is 4.73. The summed E-state index contributed by atoms with van der Waals surface area (Å²) in [6.45, 7) is 1.69. The molecular weight excluding hydrogens is 259 g/mol. The van der Waals surface area contributed by atoms with Crippen LogP contribution in [0.15, 0.2) is 6.20 Å². The number of halogens is 4. The van der Waals surface area contributed by atoms with Gasteiger partial charge >= 0.3 is 5.97 Å². The molecule has 0 aliphatic carbocycles. The molecule has 0 aliphatic heterocycles. The summed E-state index contributed by atoms with van der Waals surface area (Å²) in [7, 11) is 0. The molecule has 0 saturated carbocycles. The Morgan fingerprint density at radius 3 is 2.76 bits per heavy atom. The summed E-state index contributed by atoms with van der Waals surface area (Å²) in [5.74, 6) is -1.65. The predicted octanol–water partition coefficient (Wildman–Crippen LogP) is 2.92. The average Bonchev–Trinajstić information content (AvgIpc) is 2.24. The molecule has 0 atom stereocenters. The van der Waals surface area contributed by atoms with Crippen molar-refractivity contribution in [1.29, 1.82) is 0 Å². The lowest BCUT2D eigenvalue weighted by molar-refractivity contribution is -0.142. The van der Waals surface area contributed by atoms with Crippen LogP contribution in [0.25, 0.3) is 0 Å². The Kier molecular flexibility index (Phi) is 4.74. The van der Waals surface area contributed by atoms with Crippen LogP contribution >= 0.6 is 11.6 Å². The number of carbonyl (C=O) groups excluding carboxylic acids is 1. The topological polar surface area (TPSA) is 39.2 Å². The molecule has 1 aromatic heterocycles. The number of hydrogen-bond acceptors (Lipinski definition) is 3. The van der Waals surface area contributed by atoms with Crippen molar-refractivity contribution in [3.05, 3.63) is 28.3 Å². The van der Waals surface area contributed by atoms with Gasteiger partial charge in [-0.15, -0.1) is 0 Å². The summed E-state index contributed by atoms with van der Waals surface area (Å²) >= 11 is 5.56. The number of ether oxygens (including phenoxy) is 1. The highest BCUT2D eigenvalue weighted by atomic mass is 35.5. The van der Waals surface area contributed by atoms with Crippen LogP contribution in [0.2, 0.25) is 5.02 Å². The fourth-order valence-corrected chi connectivity index (χ4v) is 1.48. The molecule has 0 N–H and O–H groups in total. The molecule has 0 aromatic carbocycles. The summed E-state index contributed by atoms with van der Waals surface area (Å²) in [6, 6.07) is 0. The number of esters is 1. The van der Waals surface area contributed by atoms with E-state index in [2.05, 4.69) is 9.72 Å². The molecule has 7 heteroatoms. The molecule has 3 nitrogen and oxygen atoms in total. The molecule has 1 aromatic rings. The molecule has 0 saturated heterocycles. The van der Waals surface area contributed by atoms with Gasteiger partial charge in [0.15, 0.2) is 0 Å². The quantitative estimate of drug-likeness (QED) is 0.788. The SMILES string of the molecule is CCOC(=O)Cc1c(F)cnc(C(F)F)c1Cl. The van der Waals surface area contributed by atoms with Crippen molar-refractivity contribution in [3.8, 4) is 0 Å². The molecule has 1 heterocycles. The molecule has 0 spiro atoms. The van der Waals surface area contributed by atoms with E-state index < -0.39 is 35.3 Å². The van der Waals surface area contributed by atoms with E-state index in [1.807, 2.05) is 0 Å². The van der Waals surface area contributed by atoms with Crippen molar-refractivity contribution in [2.45, 2.75) is 19.8 Å². The Bertz CT molecular complexity index is 426. The van der Waals surface area contributed by atoms with E-state index in [9.17, 15) is 18.0 Å². The normalized spacial score (nSPS) is 10.7. The third-order valence-electron chi connectivity index (χ3n) is 1.93. The van der Waals surface area contributed by atoms with Gasteiger partial charge in [-0.25, -0.2) is 13.2 Å². The highest BCUT2D eigenvalue weighted by molar-refractivity contribution is 6.32. The molecular formula is C10H9ClF3NO2. The number of pyridine rings is 1. The fourth-order valence-electron chi connectivity index (χ4n) is 1.19. The summed E-state index contributed by atoms with van der Waals surface area (Å²) < 4.78 is 42.8. The lowest BCUT2D eigenvalue weighted by Gasteiger charge is -2.09. The van der Waals surface area contributed by atoms with Gasteiger partial charge in [-0.3, -0.25) is 9.78 Å². The van der Waals surface area contributed by atoms with Crippen molar-refractivity contribution < 1.29 is 22.7 Å². The van der Waals surface area contributed by atoms with Gasteiger partial charge < -0.3 is 4.74 Å². The van der Waals surface area contributed by atoms with Gasteiger partial charge in [-0.2, -0.15) is 0 Å². The van der Waals surface area contributed by atoms with E-state index in [0.29, 0.717) is 6.20 Å². The Labute approximate surface area is 101 Å². The van der Waals surface area contributed by atoms with Crippen molar-refractivity contribution >= 4 is 17.6 Å². The highest BCUT2D eigenvalue weighted by Crippen LogP contribution is 2.29. The molecule has 1 rings (SSSR count). The smallest absolute Gasteiger partial charge is 0.310 e. The van der Waals surface area contributed by atoms with Crippen LogP contribution in [0.5, 0.6) is 0 Å². The minimum atomic E-state index is -2.93. The van der Waals surface area contributed by atoms with Crippen molar-refractivity contribution in [3.63, 3.8) is 0 Å². The molecule has 94 valence electrons. The van der Waals surface area contributed by atoms with Crippen molar-refractivity contribution in [2.75, 3.05) is 6.61 Å². The van der Waals surface area contributed by atoms with Crippen molar-refractivity contribution in [2.24, 2.45) is 0 Å². The maximum atomic E-state index is 13.3. The van der Waals surface area contributed by atoms with Crippen LogP contribution < -0.4 is 0 Å². The number of aromatic nitrogens is 1. The van der Waals surface area contributed by atoms with Crippen LogP contribution in [-0.4, -0.2) is 17.6 Å². The molecule has 0 aliphatic rings. The number of rotatable bonds is 4. The zero-order chi connectivity index (χ0) is 13.0. The van der Waals surface area contributed by atoms with E-state index in [0.717, 1.165) is 0 Å². The zero-order valence-electron chi connectivity index (χ0n) is 8.84.